The number of anilines is 1. The first-order chi connectivity index (χ1) is 10.3. The van der Waals surface area contributed by atoms with Crippen LogP contribution < -0.4 is 5.73 Å². The van der Waals surface area contributed by atoms with Gasteiger partial charge in [0, 0.05) is 5.69 Å². The second-order valence-electron chi connectivity index (χ2n) is 4.70. The fraction of sp³-hybridized carbons (Fsp3) is 0. The van der Waals surface area contributed by atoms with Crippen molar-refractivity contribution in [2.24, 2.45) is 10.2 Å². The van der Waals surface area contributed by atoms with Crippen molar-refractivity contribution in [1.29, 1.82) is 0 Å². The summed E-state index contributed by atoms with van der Waals surface area (Å²) in [6.45, 7) is 0. The van der Waals surface area contributed by atoms with E-state index in [1.165, 1.54) is 0 Å². The highest BCUT2D eigenvalue weighted by Gasteiger charge is 1.97. The van der Waals surface area contributed by atoms with Gasteiger partial charge in [-0.05, 0) is 47.5 Å². The van der Waals surface area contributed by atoms with E-state index in [0.29, 0.717) is 0 Å². The molecule has 0 saturated heterocycles. The van der Waals surface area contributed by atoms with E-state index in [2.05, 4.69) is 10.2 Å². The quantitative estimate of drug-likeness (QED) is 0.507. The van der Waals surface area contributed by atoms with E-state index in [9.17, 15) is 0 Å². The van der Waals surface area contributed by atoms with Gasteiger partial charge in [0.05, 0.1) is 11.4 Å². The first-order valence-electron chi connectivity index (χ1n) is 6.74. The highest BCUT2D eigenvalue weighted by molar-refractivity contribution is 5.67. The summed E-state index contributed by atoms with van der Waals surface area (Å²) in [6, 6.07) is 25.5. The molecule has 3 aromatic carbocycles. The minimum Gasteiger partial charge on any atom is -0.399 e. The van der Waals surface area contributed by atoms with Gasteiger partial charge in [0.2, 0.25) is 0 Å². The van der Waals surface area contributed by atoms with Crippen LogP contribution in [0.3, 0.4) is 0 Å². The van der Waals surface area contributed by atoms with E-state index in [4.69, 9.17) is 5.73 Å². The van der Waals surface area contributed by atoms with Gasteiger partial charge in [0.25, 0.3) is 0 Å². The maximum atomic E-state index is 5.70. The van der Waals surface area contributed by atoms with E-state index in [1.54, 1.807) is 0 Å². The molecule has 21 heavy (non-hydrogen) atoms. The van der Waals surface area contributed by atoms with Crippen LogP contribution in [-0.4, -0.2) is 0 Å². The molecule has 0 heterocycles. The molecule has 0 aromatic heterocycles. The summed E-state index contributed by atoms with van der Waals surface area (Å²) in [5, 5.41) is 8.43. The van der Waals surface area contributed by atoms with Crippen LogP contribution in [0.1, 0.15) is 0 Å². The van der Waals surface area contributed by atoms with Crippen molar-refractivity contribution in [3.05, 3.63) is 78.9 Å². The molecule has 102 valence electrons. The van der Waals surface area contributed by atoms with Crippen molar-refractivity contribution in [2.75, 3.05) is 5.73 Å². The SMILES string of the molecule is Nc1ccc(-c2ccc(/N=N/c3ccccc3)cc2)cc1. The van der Waals surface area contributed by atoms with Gasteiger partial charge in [-0.25, -0.2) is 0 Å². The fourth-order valence-corrected chi connectivity index (χ4v) is 2.01. The zero-order valence-electron chi connectivity index (χ0n) is 11.5. The molecule has 3 heteroatoms. The van der Waals surface area contributed by atoms with Crippen molar-refractivity contribution >= 4 is 17.1 Å². The zero-order valence-corrected chi connectivity index (χ0v) is 11.5. The van der Waals surface area contributed by atoms with Gasteiger partial charge < -0.3 is 5.73 Å². The molecule has 0 fully saturated rings. The molecule has 0 aliphatic carbocycles. The molecule has 0 aliphatic rings. The van der Waals surface area contributed by atoms with Gasteiger partial charge in [-0.15, -0.1) is 0 Å². The van der Waals surface area contributed by atoms with Gasteiger partial charge in [-0.2, -0.15) is 10.2 Å². The minimum absolute atomic E-state index is 0.770. The smallest absolute Gasteiger partial charge is 0.0857 e. The third-order valence-electron chi connectivity index (χ3n) is 3.15. The second kappa shape index (κ2) is 6.01. The minimum atomic E-state index is 0.770. The van der Waals surface area contributed by atoms with Crippen LogP contribution in [0.4, 0.5) is 17.1 Å². The van der Waals surface area contributed by atoms with Crippen LogP contribution in [0.25, 0.3) is 11.1 Å². The largest absolute Gasteiger partial charge is 0.399 e. The third kappa shape index (κ3) is 3.34. The molecule has 3 nitrogen and oxygen atoms in total. The second-order valence-corrected chi connectivity index (χ2v) is 4.70. The summed E-state index contributed by atoms with van der Waals surface area (Å²) in [7, 11) is 0. The molecule has 0 saturated carbocycles. The van der Waals surface area contributed by atoms with Gasteiger partial charge in [0.15, 0.2) is 0 Å². The number of nitrogens with zero attached hydrogens (tertiary/aromatic N) is 2. The number of hydrogen-bond acceptors (Lipinski definition) is 3. The lowest BCUT2D eigenvalue weighted by Gasteiger charge is -2.02. The Morgan fingerprint density at radius 1 is 0.524 bits per heavy atom. The Kier molecular flexibility index (Phi) is 3.74. The summed E-state index contributed by atoms with van der Waals surface area (Å²) in [5.41, 5.74) is 10.4. The van der Waals surface area contributed by atoms with Crippen LogP contribution >= 0.6 is 0 Å². The number of azo groups is 1. The lowest BCUT2D eigenvalue weighted by Crippen LogP contribution is -1.83. The number of nitrogen functional groups attached to an aromatic ring is 1. The first kappa shape index (κ1) is 13.1. The summed E-state index contributed by atoms with van der Waals surface area (Å²) < 4.78 is 0. The Morgan fingerprint density at radius 3 is 1.57 bits per heavy atom. The maximum Gasteiger partial charge on any atom is 0.0857 e. The summed E-state index contributed by atoms with van der Waals surface area (Å²) in [6.07, 6.45) is 0. The highest BCUT2D eigenvalue weighted by atomic mass is 15.1. The van der Waals surface area contributed by atoms with Crippen molar-refractivity contribution in [2.45, 2.75) is 0 Å². The normalized spacial score (nSPS) is 10.9. The van der Waals surface area contributed by atoms with E-state index in [0.717, 1.165) is 28.2 Å². The Hall–Kier alpha value is -2.94. The van der Waals surface area contributed by atoms with Crippen LogP contribution in [0, 0.1) is 0 Å². The number of hydrogen-bond donors (Lipinski definition) is 1. The van der Waals surface area contributed by atoms with Crippen molar-refractivity contribution in [3.8, 4) is 11.1 Å². The number of benzene rings is 3. The first-order valence-corrected chi connectivity index (χ1v) is 6.74. The molecule has 0 aliphatic heterocycles. The average molecular weight is 273 g/mol. The molecule has 0 atom stereocenters. The van der Waals surface area contributed by atoms with Crippen LogP contribution in [0.2, 0.25) is 0 Å². The van der Waals surface area contributed by atoms with E-state index >= 15 is 0 Å². The molecule has 0 amide bonds. The maximum absolute atomic E-state index is 5.70. The zero-order chi connectivity index (χ0) is 14.5. The topological polar surface area (TPSA) is 50.7 Å². The van der Waals surface area contributed by atoms with Gasteiger partial charge in [-0.1, -0.05) is 42.5 Å². The van der Waals surface area contributed by atoms with Gasteiger partial charge >= 0.3 is 0 Å². The van der Waals surface area contributed by atoms with E-state index in [-0.39, 0.29) is 0 Å². The predicted octanol–water partition coefficient (Wildman–Crippen LogP) is 5.35. The summed E-state index contributed by atoms with van der Waals surface area (Å²) in [4.78, 5) is 0. The fourth-order valence-electron chi connectivity index (χ4n) is 2.01. The monoisotopic (exact) mass is 273 g/mol. The molecule has 0 radical (unpaired) electrons. The molecule has 3 rings (SSSR count). The Morgan fingerprint density at radius 2 is 1.00 bits per heavy atom. The highest BCUT2D eigenvalue weighted by Crippen LogP contribution is 2.24. The summed E-state index contributed by atoms with van der Waals surface area (Å²) >= 11 is 0. The van der Waals surface area contributed by atoms with Crippen molar-refractivity contribution < 1.29 is 0 Å². The lowest BCUT2D eigenvalue weighted by molar-refractivity contribution is 1.23. The molecular weight excluding hydrogens is 258 g/mol. The van der Waals surface area contributed by atoms with E-state index in [1.807, 2.05) is 78.9 Å². The number of rotatable bonds is 3. The Balaban J connectivity index is 1.78. The standard InChI is InChI=1S/C18H15N3/c19-16-10-6-14(7-11-16)15-8-12-18(13-9-15)21-20-17-4-2-1-3-5-17/h1-13H,19H2/b21-20+. The Labute approximate surface area is 123 Å². The molecule has 0 spiro atoms. The molecule has 2 N–H and O–H groups in total. The molecule has 0 bridgehead atoms. The number of nitrogens with two attached hydrogens (primary N) is 1. The lowest BCUT2D eigenvalue weighted by atomic mass is 10.1. The van der Waals surface area contributed by atoms with Crippen LogP contribution in [0.5, 0.6) is 0 Å². The van der Waals surface area contributed by atoms with Crippen molar-refractivity contribution in [1.82, 2.24) is 0 Å². The Bertz CT molecular complexity index is 730. The molecular formula is C18H15N3. The third-order valence-corrected chi connectivity index (χ3v) is 3.15. The predicted molar refractivity (Wildman–Crippen MR) is 86.9 cm³/mol. The van der Waals surface area contributed by atoms with Gasteiger partial charge in [0.1, 0.15) is 0 Å². The average Bonchev–Trinajstić information content (AvgIpc) is 2.55. The van der Waals surface area contributed by atoms with Crippen LogP contribution in [-0.2, 0) is 0 Å². The molecule has 0 unspecified atom stereocenters. The van der Waals surface area contributed by atoms with E-state index < -0.39 is 0 Å². The van der Waals surface area contributed by atoms with Crippen molar-refractivity contribution in [3.63, 3.8) is 0 Å². The molecule has 3 aromatic rings. The van der Waals surface area contributed by atoms with Gasteiger partial charge in [-0.3, -0.25) is 0 Å². The summed E-state index contributed by atoms with van der Waals surface area (Å²) in [5.74, 6) is 0. The van der Waals surface area contributed by atoms with Crippen LogP contribution in [0.15, 0.2) is 89.1 Å².